The molecular formula is C16H22FNO2. The van der Waals surface area contributed by atoms with Crippen LogP contribution in [0.3, 0.4) is 0 Å². The maximum atomic E-state index is 14.1. The Morgan fingerprint density at radius 1 is 1.50 bits per heavy atom. The summed E-state index contributed by atoms with van der Waals surface area (Å²) in [5, 5.41) is 0. The molecule has 1 amide bonds. The lowest BCUT2D eigenvalue weighted by Crippen LogP contribution is -2.42. The maximum absolute atomic E-state index is 14.1. The highest BCUT2D eigenvalue weighted by Gasteiger charge is 2.35. The summed E-state index contributed by atoms with van der Waals surface area (Å²) in [7, 11) is 1.61. The van der Waals surface area contributed by atoms with E-state index in [2.05, 4.69) is 0 Å². The Bertz CT molecular complexity index is 485. The SMILES string of the molecule is COCCN(C(=O)c1cccc(C)c1F)C(C)C1CC1. The van der Waals surface area contributed by atoms with E-state index in [0.717, 1.165) is 12.8 Å². The van der Waals surface area contributed by atoms with Crippen molar-refractivity contribution in [1.29, 1.82) is 0 Å². The van der Waals surface area contributed by atoms with Gasteiger partial charge in [0.2, 0.25) is 0 Å². The minimum absolute atomic E-state index is 0.137. The van der Waals surface area contributed by atoms with Crippen LogP contribution in [0.15, 0.2) is 18.2 Å². The molecule has 1 atom stereocenters. The summed E-state index contributed by atoms with van der Waals surface area (Å²) in [4.78, 5) is 14.4. The number of halogens is 1. The van der Waals surface area contributed by atoms with Gasteiger partial charge in [-0.3, -0.25) is 4.79 Å². The fraction of sp³-hybridized carbons (Fsp3) is 0.562. The summed E-state index contributed by atoms with van der Waals surface area (Å²) in [6, 6.07) is 5.10. The minimum atomic E-state index is -0.414. The molecule has 2 rings (SSSR count). The molecule has 3 nitrogen and oxygen atoms in total. The van der Waals surface area contributed by atoms with Gasteiger partial charge in [-0.25, -0.2) is 4.39 Å². The number of carbonyl (C=O) groups is 1. The van der Waals surface area contributed by atoms with E-state index in [1.54, 1.807) is 37.1 Å². The molecule has 110 valence electrons. The van der Waals surface area contributed by atoms with Crippen LogP contribution in [0.5, 0.6) is 0 Å². The fourth-order valence-corrected chi connectivity index (χ4v) is 2.48. The Labute approximate surface area is 119 Å². The van der Waals surface area contributed by atoms with Crippen LogP contribution in [-0.2, 0) is 4.74 Å². The molecule has 1 aromatic carbocycles. The maximum Gasteiger partial charge on any atom is 0.257 e. The van der Waals surface area contributed by atoms with Gasteiger partial charge < -0.3 is 9.64 Å². The fourth-order valence-electron chi connectivity index (χ4n) is 2.48. The van der Waals surface area contributed by atoms with Crippen molar-refractivity contribution in [1.82, 2.24) is 4.90 Å². The van der Waals surface area contributed by atoms with Gasteiger partial charge in [0.25, 0.3) is 5.91 Å². The van der Waals surface area contributed by atoms with E-state index >= 15 is 0 Å². The molecule has 1 aromatic rings. The Balaban J connectivity index is 2.22. The third kappa shape index (κ3) is 3.18. The molecule has 0 bridgehead atoms. The number of rotatable bonds is 6. The predicted molar refractivity (Wildman–Crippen MR) is 76.2 cm³/mol. The minimum Gasteiger partial charge on any atom is -0.383 e. The number of methoxy groups -OCH3 is 1. The Hall–Kier alpha value is -1.42. The van der Waals surface area contributed by atoms with Crippen molar-refractivity contribution >= 4 is 5.91 Å². The molecule has 20 heavy (non-hydrogen) atoms. The van der Waals surface area contributed by atoms with Gasteiger partial charge in [0, 0.05) is 19.7 Å². The van der Waals surface area contributed by atoms with Gasteiger partial charge in [0.15, 0.2) is 0 Å². The van der Waals surface area contributed by atoms with E-state index in [0.29, 0.717) is 24.6 Å². The van der Waals surface area contributed by atoms with Gasteiger partial charge in [-0.2, -0.15) is 0 Å². The molecule has 0 aliphatic heterocycles. The van der Waals surface area contributed by atoms with E-state index in [1.165, 1.54) is 0 Å². The van der Waals surface area contributed by atoms with E-state index in [1.807, 2.05) is 6.92 Å². The first-order valence-corrected chi connectivity index (χ1v) is 7.11. The monoisotopic (exact) mass is 279 g/mol. The van der Waals surface area contributed by atoms with Crippen LogP contribution in [0.25, 0.3) is 0 Å². The number of nitrogens with zero attached hydrogens (tertiary/aromatic N) is 1. The summed E-state index contributed by atoms with van der Waals surface area (Å²) < 4.78 is 19.2. The normalized spacial score (nSPS) is 16.0. The molecule has 0 spiro atoms. The standard InChI is InChI=1S/C16H22FNO2/c1-11-5-4-6-14(15(11)17)16(19)18(9-10-20-3)12(2)13-7-8-13/h4-6,12-13H,7-10H2,1-3H3. The molecule has 1 fully saturated rings. The molecule has 1 saturated carbocycles. The molecule has 0 aromatic heterocycles. The number of ether oxygens (including phenoxy) is 1. The number of aryl methyl sites for hydroxylation is 1. The zero-order valence-corrected chi connectivity index (χ0v) is 12.4. The van der Waals surface area contributed by atoms with Gasteiger partial charge >= 0.3 is 0 Å². The van der Waals surface area contributed by atoms with Crippen LogP contribution in [0.1, 0.15) is 35.7 Å². The van der Waals surface area contributed by atoms with Crippen molar-refractivity contribution in [3.63, 3.8) is 0 Å². The lowest BCUT2D eigenvalue weighted by Gasteiger charge is -2.29. The van der Waals surface area contributed by atoms with E-state index in [9.17, 15) is 9.18 Å². The highest BCUT2D eigenvalue weighted by Crippen LogP contribution is 2.35. The van der Waals surface area contributed by atoms with Crippen LogP contribution in [0, 0.1) is 18.7 Å². The molecule has 1 unspecified atom stereocenters. The number of amides is 1. The zero-order valence-electron chi connectivity index (χ0n) is 12.4. The van der Waals surface area contributed by atoms with E-state index < -0.39 is 5.82 Å². The van der Waals surface area contributed by atoms with Gasteiger partial charge in [-0.1, -0.05) is 12.1 Å². The molecule has 0 N–H and O–H groups in total. The molecule has 0 saturated heterocycles. The van der Waals surface area contributed by atoms with Crippen LogP contribution < -0.4 is 0 Å². The molecule has 1 aliphatic carbocycles. The smallest absolute Gasteiger partial charge is 0.257 e. The topological polar surface area (TPSA) is 29.5 Å². The first kappa shape index (κ1) is 15.0. The largest absolute Gasteiger partial charge is 0.383 e. The first-order chi connectivity index (χ1) is 9.56. The quantitative estimate of drug-likeness (QED) is 0.801. The van der Waals surface area contributed by atoms with Crippen LogP contribution in [-0.4, -0.2) is 37.1 Å². The number of hydrogen-bond acceptors (Lipinski definition) is 2. The summed E-state index contributed by atoms with van der Waals surface area (Å²) in [5.41, 5.74) is 0.662. The van der Waals surface area contributed by atoms with Crippen molar-refractivity contribution in [3.05, 3.63) is 35.1 Å². The number of hydrogen-bond donors (Lipinski definition) is 0. The average Bonchev–Trinajstić information content (AvgIpc) is 3.26. The summed E-state index contributed by atoms with van der Waals surface area (Å²) in [5.74, 6) is -0.103. The Kier molecular flexibility index (Phi) is 4.76. The molecule has 0 heterocycles. The van der Waals surface area contributed by atoms with Crippen LogP contribution >= 0.6 is 0 Å². The van der Waals surface area contributed by atoms with Crippen molar-refractivity contribution in [2.45, 2.75) is 32.7 Å². The average molecular weight is 279 g/mol. The summed E-state index contributed by atoms with van der Waals surface area (Å²) in [6.45, 7) is 4.69. The first-order valence-electron chi connectivity index (χ1n) is 7.11. The third-order valence-electron chi connectivity index (χ3n) is 4.02. The lowest BCUT2D eigenvalue weighted by molar-refractivity contribution is 0.0590. The van der Waals surface area contributed by atoms with E-state index in [-0.39, 0.29) is 17.5 Å². The number of benzene rings is 1. The predicted octanol–water partition coefficient (Wildman–Crippen LogP) is 3.02. The van der Waals surface area contributed by atoms with Crippen molar-refractivity contribution < 1.29 is 13.9 Å². The second kappa shape index (κ2) is 6.35. The third-order valence-corrected chi connectivity index (χ3v) is 4.02. The van der Waals surface area contributed by atoms with Crippen LogP contribution in [0.2, 0.25) is 0 Å². The summed E-state index contributed by atoms with van der Waals surface area (Å²) in [6.07, 6.45) is 2.29. The second-order valence-electron chi connectivity index (χ2n) is 5.51. The van der Waals surface area contributed by atoms with Gasteiger partial charge in [0.1, 0.15) is 5.82 Å². The molecule has 0 radical (unpaired) electrons. The Morgan fingerprint density at radius 2 is 2.20 bits per heavy atom. The van der Waals surface area contributed by atoms with Gasteiger partial charge in [-0.15, -0.1) is 0 Å². The van der Waals surface area contributed by atoms with E-state index in [4.69, 9.17) is 4.74 Å². The number of carbonyl (C=O) groups excluding carboxylic acids is 1. The second-order valence-corrected chi connectivity index (χ2v) is 5.51. The molecule has 1 aliphatic rings. The summed E-state index contributed by atoms with van der Waals surface area (Å²) >= 11 is 0. The molecular weight excluding hydrogens is 257 g/mol. The van der Waals surface area contributed by atoms with Crippen molar-refractivity contribution in [2.75, 3.05) is 20.3 Å². The lowest BCUT2D eigenvalue weighted by atomic mass is 10.1. The Morgan fingerprint density at radius 3 is 2.80 bits per heavy atom. The van der Waals surface area contributed by atoms with Crippen molar-refractivity contribution in [2.24, 2.45) is 5.92 Å². The highest BCUT2D eigenvalue weighted by atomic mass is 19.1. The highest BCUT2D eigenvalue weighted by molar-refractivity contribution is 5.95. The van der Waals surface area contributed by atoms with Gasteiger partial charge in [0.05, 0.1) is 12.2 Å². The van der Waals surface area contributed by atoms with Gasteiger partial charge in [-0.05, 0) is 44.2 Å². The zero-order chi connectivity index (χ0) is 14.7. The molecule has 4 heteroatoms. The van der Waals surface area contributed by atoms with Crippen molar-refractivity contribution in [3.8, 4) is 0 Å². The van der Waals surface area contributed by atoms with Crippen LogP contribution in [0.4, 0.5) is 4.39 Å².